The van der Waals surface area contributed by atoms with E-state index in [1.165, 1.54) is 17.3 Å². The molecule has 0 saturated heterocycles. The Kier molecular flexibility index (Phi) is 2.82. The number of anilines is 1. The molecule has 1 aliphatic heterocycles. The van der Waals surface area contributed by atoms with Crippen molar-refractivity contribution in [1.29, 1.82) is 0 Å². The van der Waals surface area contributed by atoms with Crippen molar-refractivity contribution in [2.75, 3.05) is 4.90 Å². The predicted octanol–water partition coefficient (Wildman–Crippen LogP) is 2.47. The third-order valence-electron chi connectivity index (χ3n) is 3.00. The van der Waals surface area contributed by atoms with Crippen LogP contribution in [-0.2, 0) is 6.54 Å². The highest BCUT2D eigenvalue weighted by atomic mass is 19.4. The van der Waals surface area contributed by atoms with Gasteiger partial charge in [0.05, 0.1) is 28.8 Å². The van der Waals surface area contributed by atoms with E-state index in [0.29, 0.717) is 17.0 Å². The van der Waals surface area contributed by atoms with Gasteiger partial charge in [0, 0.05) is 12.4 Å². The molecule has 1 amide bonds. The van der Waals surface area contributed by atoms with Crippen molar-refractivity contribution < 1.29 is 18.0 Å². The first-order valence-electron chi connectivity index (χ1n) is 5.95. The van der Waals surface area contributed by atoms with Gasteiger partial charge in [-0.2, -0.15) is 18.3 Å². The Labute approximate surface area is 117 Å². The van der Waals surface area contributed by atoms with Crippen LogP contribution in [0.1, 0.15) is 16.1 Å². The molecule has 0 radical (unpaired) electrons. The summed E-state index contributed by atoms with van der Waals surface area (Å²) in [5.74, 6) is -0.380. The molecule has 3 rings (SSSR count). The van der Waals surface area contributed by atoms with Crippen LogP contribution in [0.2, 0.25) is 0 Å². The molecule has 0 spiro atoms. The predicted molar refractivity (Wildman–Crippen MR) is 68.4 cm³/mol. The van der Waals surface area contributed by atoms with Gasteiger partial charge in [-0.15, -0.1) is 0 Å². The van der Waals surface area contributed by atoms with Crippen molar-refractivity contribution in [3.63, 3.8) is 0 Å². The number of amides is 1. The van der Waals surface area contributed by atoms with Crippen LogP contribution in [0.15, 0.2) is 37.3 Å². The SMILES string of the molecule is C=C1c2ncccc2C(=O)N1c1cnn(CC(F)(F)F)c1. The van der Waals surface area contributed by atoms with E-state index in [9.17, 15) is 18.0 Å². The van der Waals surface area contributed by atoms with Gasteiger partial charge < -0.3 is 0 Å². The third-order valence-corrected chi connectivity index (χ3v) is 3.00. The minimum absolute atomic E-state index is 0.229. The van der Waals surface area contributed by atoms with Crippen LogP contribution in [0.3, 0.4) is 0 Å². The number of hydrogen-bond donors (Lipinski definition) is 0. The second-order valence-electron chi connectivity index (χ2n) is 4.50. The number of rotatable bonds is 2. The van der Waals surface area contributed by atoms with Gasteiger partial charge in [0.1, 0.15) is 6.54 Å². The molecule has 0 bridgehead atoms. The van der Waals surface area contributed by atoms with Gasteiger partial charge in [-0.3, -0.25) is 19.4 Å². The standard InChI is InChI=1S/C13H9F3N4O/c1-8-11-10(3-2-4-17-11)12(21)20(8)9-5-18-19(6-9)7-13(14,15)16/h2-6H,1,7H2. The number of carbonyl (C=O) groups is 1. The maximum absolute atomic E-state index is 12.3. The third kappa shape index (κ3) is 2.28. The summed E-state index contributed by atoms with van der Waals surface area (Å²) < 4.78 is 37.7. The summed E-state index contributed by atoms with van der Waals surface area (Å²) in [5, 5.41) is 3.62. The molecule has 1 aliphatic rings. The molecule has 2 aromatic rings. The van der Waals surface area contributed by atoms with Crippen molar-refractivity contribution in [1.82, 2.24) is 14.8 Å². The minimum Gasteiger partial charge on any atom is -0.272 e. The van der Waals surface area contributed by atoms with Crippen molar-refractivity contribution in [2.24, 2.45) is 0 Å². The lowest BCUT2D eigenvalue weighted by Crippen LogP contribution is -2.21. The van der Waals surface area contributed by atoms with Crippen molar-refractivity contribution in [3.05, 3.63) is 48.6 Å². The zero-order valence-corrected chi connectivity index (χ0v) is 10.6. The van der Waals surface area contributed by atoms with E-state index in [0.717, 1.165) is 10.9 Å². The maximum atomic E-state index is 12.3. The number of pyridine rings is 1. The van der Waals surface area contributed by atoms with E-state index < -0.39 is 12.7 Å². The Morgan fingerprint density at radius 3 is 2.76 bits per heavy atom. The summed E-state index contributed by atoms with van der Waals surface area (Å²) in [7, 11) is 0. The minimum atomic E-state index is -4.38. The van der Waals surface area contributed by atoms with Gasteiger partial charge >= 0.3 is 6.18 Å². The molecule has 0 unspecified atom stereocenters. The fourth-order valence-corrected chi connectivity index (χ4v) is 2.17. The van der Waals surface area contributed by atoms with Gasteiger partial charge in [-0.25, -0.2) is 0 Å². The average Bonchev–Trinajstić information content (AvgIpc) is 2.93. The summed E-state index contributed by atoms with van der Waals surface area (Å²) in [6.45, 7) is 2.56. The Balaban J connectivity index is 1.93. The zero-order chi connectivity index (χ0) is 15.2. The first kappa shape index (κ1) is 13.3. The fraction of sp³-hybridized carbons (Fsp3) is 0.154. The monoisotopic (exact) mass is 294 g/mol. The highest BCUT2D eigenvalue weighted by Crippen LogP contribution is 2.34. The molecule has 5 nitrogen and oxygen atoms in total. The van der Waals surface area contributed by atoms with E-state index in [1.807, 2.05) is 0 Å². The summed E-state index contributed by atoms with van der Waals surface area (Å²) in [5.41, 5.74) is 1.34. The topological polar surface area (TPSA) is 51.0 Å². The number of carbonyl (C=O) groups excluding carboxylic acids is 1. The lowest BCUT2D eigenvalue weighted by Gasteiger charge is -2.14. The largest absolute Gasteiger partial charge is 0.408 e. The number of halogens is 3. The summed E-state index contributed by atoms with van der Waals surface area (Å²) in [6.07, 6.45) is -0.503. The number of alkyl halides is 3. The molecule has 0 aromatic carbocycles. The Bertz CT molecular complexity index is 700. The first-order chi connectivity index (χ1) is 9.87. The second-order valence-corrected chi connectivity index (χ2v) is 4.50. The van der Waals surface area contributed by atoms with E-state index in [2.05, 4.69) is 16.7 Å². The van der Waals surface area contributed by atoms with Gasteiger partial charge in [-0.05, 0) is 12.1 Å². The number of aromatic nitrogens is 3. The number of nitrogens with zero attached hydrogens (tertiary/aromatic N) is 4. The van der Waals surface area contributed by atoms with Crippen LogP contribution in [-0.4, -0.2) is 26.8 Å². The molecule has 8 heteroatoms. The molecule has 0 saturated carbocycles. The summed E-state index contributed by atoms with van der Waals surface area (Å²) >= 11 is 0. The Morgan fingerprint density at radius 1 is 1.33 bits per heavy atom. The molecule has 0 atom stereocenters. The molecule has 108 valence electrons. The van der Waals surface area contributed by atoms with Crippen LogP contribution < -0.4 is 4.90 Å². The summed E-state index contributed by atoms with van der Waals surface area (Å²) in [4.78, 5) is 17.5. The van der Waals surface area contributed by atoms with Gasteiger partial charge in [0.15, 0.2) is 0 Å². The highest BCUT2D eigenvalue weighted by Gasteiger charge is 2.34. The van der Waals surface area contributed by atoms with Crippen LogP contribution in [0, 0.1) is 0 Å². The zero-order valence-electron chi connectivity index (χ0n) is 10.6. The van der Waals surface area contributed by atoms with Crippen LogP contribution in [0.4, 0.5) is 18.9 Å². The van der Waals surface area contributed by atoms with Crippen molar-refractivity contribution in [3.8, 4) is 0 Å². The van der Waals surface area contributed by atoms with E-state index >= 15 is 0 Å². The smallest absolute Gasteiger partial charge is 0.272 e. The molecule has 21 heavy (non-hydrogen) atoms. The molecular formula is C13H9F3N4O. The second kappa shape index (κ2) is 4.44. The van der Waals surface area contributed by atoms with E-state index in [1.54, 1.807) is 12.1 Å². The highest BCUT2D eigenvalue weighted by molar-refractivity contribution is 6.21. The number of fused-ring (bicyclic) bond motifs is 1. The van der Waals surface area contributed by atoms with Crippen LogP contribution >= 0.6 is 0 Å². The van der Waals surface area contributed by atoms with Crippen molar-refractivity contribution in [2.45, 2.75) is 12.7 Å². The summed E-state index contributed by atoms with van der Waals surface area (Å²) in [6, 6.07) is 3.20. The van der Waals surface area contributed by atoms with Gasteiger partial charge in [0.25, 0.3) is 5.91 Å². The molecule has 0 fully saturated rings. The molecule has 2 aromatic heterocycles. The molecule has 0 N–H and O–H groups in total. The molecule has 3 heterocycles. The molecule has 0 aliphatic carbocycles. The maximum Gasteiger partial charge on any atom is 0.408 e. The van der Waals surface area contributed by atoms with Crippen molar-refractivity contribution >= 4 is 17.3 Å². The quantitative estimate of drug-likeness (QED) is 0.855. The van der Waals surface area contributed by atoms with E-state index in [-0.39, 0.29) is 11.6 Å². The van der Waals surface area contributed by atoms with Crippen LogP contribution in [0.5, 0.6) is 0 Å². The lowest BCUT2D eigenvalue weighted by atomic mass is 10.2. The van der Waals surface area contributed by atoms with E-state index in [4.69, 9.17) is 0 Å². The van der Waals surface area contributed by atoms with Crippen LogP contribution in [0.25, 0.3) is 5.70 Å². The normalized spacial score (nSPS) is 14.7. The van der Waals surface area contributed by atoms with Gasteiger partial charge in [-0.1, -0.05) is 6.58 Å². The molecular weight excluding hydrogens is 285 g/mol. The fourth-order valence-electron chi connectivity index (χ4n) is 2.17. The number of hydrogen-bond acceptors (Lipinski definition) is 3. The average molecular weight is 294 g/mol. The lowest BCUT2D eigenvalue weighted by molar-refractivity contribution is -0.142. The Morgan fingerprint density at radius 2 is 2.10 bits per heavy atom. The van der Waals surface area contributed by atoms with Gasteiger partial charge in [0.2, 0.25) is 0 Å². The first-order valence-corrected chi connectivity index (χ1v) is 5.95. The Hall–Kier alpha value is -2.64.